The molecule has 0 unspecified atom stereocenters. The second-order valence-corrected chi connectivity index (χ2v) is 5.55. The van der Waals surface area contributed by atoms with Crippen LogP contribution in [0.2, 0.25) is 0 Å². The van der Waals surface area contributed by atoms with E-state index in [0.29, 0.717) is 6.54 Å². The van der Waals surface area contributed by atoms with Gasteiger partial charge in [0, 0.05) is 5.38 Å². The molecule has 0 radical (unpaired) electrons. The SMILES string of the molecule is COC(=O)c1nnn(Cc2csc(C)n2)c1C(C)C. The molecule has 0 aliphatic heterocycles. The topological polar surface area (TPSA) is 69.9 Å². The molecule has 2 rings (SSSR count). The summed E-state index contributed by atoms with van der Waals surface area (Å²) in [7, 11) is 1.34. The summed E-state index contributed by atoms with van der Waals surface area (Å²) in [5.74, 6) is -0.326. The fourth-order valence-electron chi connectivity index (χ4n) is 1.89. The number of carbonyl (C=O) groups is 1. The first-order valence-electron chi connectivity index (χ1n) is 5.95. The molecule has 7 heteroatoms. The minimum atomic E-state index is -0.454. The van der Waals surface area contributed by atoms with Crippen molar-refractivity contribution in [1.29, 1.82) is 0 Å². The highest BCUT2D eigenvalue weighted by Crippen LogP contribution is 2.20. The molecular formula is C12H16N4O2S. The Kier molecular flexibility index (Phi) is 3.94. The zero-order valence-corrected chi connectivity index (χ0v) is 12.2. The largest absolute Gasteiger partial charge is 0.464 e. The van der Waals surface area contributed by atoms with Gasteiger partial charge in [-0.1, -0.05) is 19.1 Å². The minimum absolute atomic E-state index is 0.129. The highest BCUT2D eigenvalue weighted by Gasteiger charge is 2.22. The summed E-state index contributed by atoms with van der Waals surface area (Å²) in [5, 5.41) is 11.0. The van der Waals surface area contributed by atoms with Gasteiger partial charge in [-0.3, -0.25) is 0 Å². The van der Waals surface area contributed by atoms with Crippen LogP contribution in [0, 0.1) is 6.92 Å². The van der Waals surface area contributed by atoms with Crippen molar-refractivity contribution in [2.75, 3.05) is 7.11 Å². The van der Waals surface area contributed by atoms with Gasteiger partial charge in [-0.05, 0) is 12.8 Å². The Hall–Kier alpha value is -1.76. The van der Waals surface area contributed by atoms with Crippen molar-refractivity contribution in [3.8, 4) is 0 Å². The first-order valence-corrected chi connectivity index (χ1v) is 6.83. The number of hydrogen-bond donors (Lipinski definition) is 0. The molecule has 2 heterocycles. The summed E-state index contributed by atoms with van der Waals surface area (Å²) in [6.07, 6.45) is 0. The number of thiazole rings is 1. The van der Waals surface area contributed by atoms with Gasteiger partial charge in [0.15, 0.2) is 5.69 Å². The van der Waals surface area contributed by atoms with Crippen LogP contribution in [-0.4, -0.2) is 33.1 Å². The Morgan fingerprint density at radius 2 is 2.26 bits per heavy atom. The fraction of sp³-hybridized carbons (Fsp3) is 0.500. The van der Waals surface area contributed by atoms with Crippen LogP contribution in [-0.2, 0) is 11.3 Å². The molecule has 2 aromatic heterocycles. The number of aryl methyl sites for hydroxylation is 1. The maximum atomic E-state index is 11.7. The summed E-state index contributed by atoms with van der Waals surface area (Å²) >= 11 is 1.59. The van der Waals surface area contributed by atoms with Crippen LogP contribution >= 0.6 is 11.3 Å². The standard InChI is InChI=1S/C12H16N4O2S/c1-7(2)11-10(12(17)18-4)14-15-16(11)5-9-6-19-8(3)13-9/h6-7H,5H2,1-4H3. The molecule has 0 aliphatic rings. The molecule has 6 nitrogen and oxygen atoms in total. The lowest BCUT2D eigenvalue weighted by Gasteiger charge is -2.09. The third-order valence-corrected chi connectivity index (χ3v) is 3.50. The molecule has 0 N–H and O–H groups in total. The predicted molar refractivity (Wildman–Crippen MR) is 71.4 cm³/mol. The van der Waals surface area contributed by atoms with Gasteiger partial charge in [0.05, 0.1) is 30.1 Å². The number of rotatable bonds is 4. The molecule has 0 amide bonds. The summed E-state index contributed by atoms with van der Waals surface area (Å²) in [6.45, 7) is 6.46. The van der Waals surface area contributed by atoms with Crippen LogP contribution in [0.4, 0.5) is 0 Å². The average molecular weight is 280 g/mol. The molecule has 102 valence electrons. The molecule has 0 aliphatic carbocycles. The van der Waals surface area contributed by atoms with E-state index in [9.17, 15) is 4.79 Å². The second kappa shape index (κ2) is 5.48. The van der Waals surface area contributed by atoms with E-state index in [0.717, 1.165) is 16.4 Å². The van der Waals surface area contributed by atoms with E-state index in [4.69, 9.17) is 4.74 Å². The van der Waals surface area contributed by atoms with Crippen LogP contribution < -0.4 is 0 Å². The van der Waals surface area contributed by atoms with E-state index in [1.807, 2.05) is 26.2 Å². The normalized spacial score (nSPS) is 11.0. The minimum Gasteiger partial charge on any atom is -0.464 e. The van der Waals surface area contributed by atoms with Gasteiger partial charge in [0.2, 0.25) is 0 Å². The molecule has 2 aromatic rings. The molecule has 0 aromatic carbocycles. The van der Waals surface area contributed by atoms with Crippen molar-refractivity contribution in [2.24, 2.45) is 0 Å². The summed E-state index contributed by atoms with van der Waals surface area (Å²) in [6, 6.07) is 0. The van der Waals surface area contributed by atoms with E-state index in [2.05, 4.69) is 15.3 Å². The molecule has 0 fully saturated rings. The predicted octanol–water partition coefficient (Wildman–Crippen LogP) is 2.00. The van der Waals surface area contributed by atoms with E-state index < -0.39 is 5.97 Å². The number of carbonyl (C=O) groups excluding carboxylic acids is 1. The summed E-state index contributed by atoms with van der Waals surface area (Å²) in [4.78, 5) is 16.1. The highest BCUT2D eigenvalue weighted by molar-refractivity contribution is 7.09. The lowest BCUT2D eigenvalue weighted by atomic mass is 10.1. The smallest absolute Gasteiger partial charge is 0.360 e. The number of esters is 1. The number of nitrogens with zero attached hydrogens (tertiary/aromatic N) is 4. The number of ether oxygens (including phenoxy) is 1. The lowest BCUT2D eigenvalue weighted by molar-refractivity contribution is 0.0592. The van der Waals surface area contributed by atoms with Crippen molar-refractivity contribution in [2.45, 2.75) is 33.2 Å². The van der Waals surface area contributed by atoms with Crippen molar-refractivity contribution in [1.82, 2.24) is 20.0 Å². The number of aromatic nitrogens is 4. The third-order valence-electron chi connectivity index (χ3n) is 2.68. The van der Waals surface area contributed by atoms with Gasteiger partial charge in [0.25, 0.3) is 0 Å². The van der Waals surface area contributed by atoms with Crippen molar-refractivity contribution < 1.29 is 9.53 Å². The molecular weight excluding hydrogens is 264 g/mol. The van der Waals surface area contributed by atoms with Gasteiger partial charge in [-0.2, -0.15) is 0 Å². The fourth-order valence-corrected chi connectivity index (χ4v) is 2.49. The second-order valence-electron chi connectivity index (χ2n) is 4.49. The van der Waals surface area contributed by atoms with E-state index in [1.54, 1.807) is 16.0 Å². The highest BCUT2D eigenvalue weighted by atomic mass is 32.1. The average Bonchev–Trinajstić information content (AvgIpc) is 2.95. The van der Waals surface area contributed by atoms with Gasteiger partial charge in [-0.25, -0.2) is 14.5 Å². The van der Waals surface area contributed by atoms with Crippen LogP contribution in [0.1, 0.15) is 46.6 Å². The number of hydrogen-bond acceptors (Lipinski definition) is 6. The van der Waals surface area contributed by atoms with Crippen LogP contribution in [0.5, 0.6) is 0 Å². The Morgan fingerprint density at radius 3 is 2.79 bits per heavy atom. The van der Waals surface area contributed by atoms with Crippen molar-refractivity contribution >= 4 is 17.3 Å². The van der Waals surface area contributed by atoms with E-state index in [-0.39, 0.29) is 11.6 Å². The van der Waals surface area contributed by atoms with Gasteiger partial charge < -0.3 is 4.74 Å². The molecule has 0 bridgehead atoms. The molecule has 0 saturated carbocycles. The Bertz CT molecular complexity index is 588. The van der Waals surface area contributed by atoms with Crippen molar-refractivity contribution in [3.05, 3.63) is 27.5 Å². The molecule has 19 heavy (non-hydrogen) atoms. The molecule has 0 atom stereocenters. The zero-order chi connectivity index (χ0) is 14.0. The maximum Gasteiger partial charge on any atom is 0.360 e. The summed E-state index contributed by atoms with van der Waals surface area (Å²) < 4.78 is 6.44. The van der Waals surface area contributed by atoms with E-state index in [1.165, 1.54) is 7.11 Å². The Labute approximate surface area is 115 Å². The lowest BCUT2D eigenvalue weighted by Crippen LogP contribution is -2.12. The van der Waals surface area contributed by atoms with Gasteiger partial charge in [-0.15, -0.1) is 16.4 Å². The third kappa shape index (κ3) is 2.81. The zero-order valence-electron chi connectivity index (χ0n) is 11.4. The summed E-state index contributed by atoms with van der Waals surface area (Å²) in [5.41, 5.74) is 1.98. The Morgan fingerprint density at radius 1 is 1.53 bits per heavy atom. The number of methoxy groups -OCH3 is 1. The maximum absolute atomic E-state index is 11.7. The molecule has 0 spiro atoms. The quantitative estimate of drug-likeness (QED) is 0.801. The van der Waals surface area contributed by atoms with Crippen LogP contribution in [0.25, 0.3) is 0 Å². The monoisotopic (exact) mass is 280 g/mol. The Balaban J connectivity index is 2.35. The first-order chi connectivity index (χ1) is 9.02. The van der Waals surface area contributed by atoms with E-state index >= 15 is 0 Å². The first kappa shape index (κ1) is 13.7. The van der Waals surface area contributed by atoms with Gasteiger partial charge in [0.1, 0.15) is 0 Å². The molecule has 0 saturated heterocycles. The van der Waals surface area contributed by atoms with Crippen LogP contribution in [0.15, 0.2) is 5.38 Å². The van der Waals surface area contributed by atoms with Crippen LogP contribution in [0.3, 0.4) is 0 Å². The van der Waals surface area contributed by atoms with Crippen molar-refractivity contribution in [3.63, 3.8) is 0 Å². The van der Waals surface area contributed by atoms with Gasteiger partial charge >= 0.3 is 5.97 Å².